The molecule has 2 aromatic carbocycles. The number of carbonyl (C=O) groups excluding carboxylic acids is 2. The van der Waals surface area contributed by atoms with Crippen LogP contribution in [0, 0.1) is 0 Å². The van der Waals surface area contributed by atoms with E-state index in [-0.39, 0.29) is 23.5 Å². The lowest BCUT2D eigenvalue weighted by Gasteiger charge is -2.07. The molecule has 2 aromatic rings. The van der Waals surface area contributed by atoms with E-state index in [0.29, 0.717) is 6.29 Å². The second-order valence-electron chi connectivity index (χ2n) is 3.95. The van der Waals surface area contributed by atoms with E-state index in [1.165, 1.54) is 18.2 Å². The Morgan fingerprint density at radius 1 is 1.16 bits per heavy atom. The van der Waals surface area contributed by atoms with Gasteiger partial charge in [-0.3, -0.25) is 4.79 Å². The van der Waals surface area contributed by atoms with Crippen LogP contribution in [0.5, 0.6) is 5.75 Å². The minimum Gasteiger partial charge on any atom is -0.508 e. The van der Waals surface area contributed by atoms with E-state index < -0.39 is 5.97 Å². The van der Waals surface area contributed by atoms with Gasteiger partial charge in [0.25, 0.3) is 0 Å². The molecule has 0 aliphatic heterocycles. The fourth-order valence-corrected chi connectivity index (χ4v) is 1.63. The fraction of sp³-hybridized carbons (Fsp3) is 0.0667. The van der Waals surface area contributed by atoms with Crippen molar-refractivity contribution in [1.29, 1.82) is 0 Å². The molecule has 0 spiro atoms. The van der Waals surface area contributed by atoms with Crippen LogP contribution in [0.3, 0.4) is 0 Å². The largest absolute Gasteiger partial charge is 0.508 e. The van der Waals surface area contributed by atoms with Crippen LogP contribution in [-0.4, -0.2) is 17.4 Å². The van der Waals surface area contributed by atoms with Gasteiger partial charge >= 0.3 is 5.97 Å². The van der Waals surface area contributed by atoms with Gasteiger partial charge in [-0.2, -0.15) is 0 Å². The third kappa shape index (κ3) is 3.19. The lowest BCUT2D eigenvalue weighted by atomic mass is 10.1. The van der Waals surface area contributed by atoms with E-state index in [9.17, 15) is 14.7 Å². The van der Waals surface area contributed by atoms with Crippen LogP contribution in [0.15, 0.2) is 48.5 Å². The van der Waals surface area contributed by atoms with Gasteiger partial charge in [0.2, 0.25) is 0 Å². The molecule has 0 saturated heterocycles. The summed E-state index contributed by atoms with van der Waals surface area (Å²) in [5.74, 6) is -0.660. The molecule has 0 atom stereocenters. The molecule has 0 radical (unpaired) electrons. The Morgan fingerprint density at radius 2 is 1.89 bits per heavy atom. The summed E-state index contributed by atoms with van der Waals surface area (Å²) in [6, 6.07) is 13.2. The van der Waals surface area contributed by atoms with Crippen LogP contribution >= 0.6 is 0 Å². The number of carbonyl (C=O) groups is 2. The first-order chi connectivity index (χ1) is 9.20. The third-order valence-corrected chi connectivity index (χ3v) is 2.59. The topological polar surface area (TPSA) is 63.6 Å². The molecule has 1 N–H and O–H groups in total. The van der Waals surface area contributed by atoms with Crippen molar-refractivity contribution in [2.75, 3.05) is 0 Å². The number of esters is 1. The molecule has 19 heavy (non-hydrogen) atoms. The number of hydrogen-bond acceptors (Lipinski definition) is 4. The van der Waals surface area contributed by atoms with Gasteiger partial charge in [-0.1, -0.05) is 30.3 Å². The van der Waals surface area contributed by atoms with Crippen molar-refractivity contribution in [3.63, 3.8) is 0 Å². The number of aldehydes is 1. The molecule has 0 unspecified atom stereocenters. The average Bonchev–Trinajstić information content (AvgIpc) is 2.45. The second-order valence-corrected chi connectivity index (χ2v) is 3.95. The summed E-state index contributed by atoms with van der Waals surface area (Å²) in [6.07, 6.45) is 0.513. The van der Waals surface area contributed by atoms with Crippen LogP contribution in [-0.2, 0) is 11.3 Å². The normalized spacial score (nSPS) is 9.89. The summed E-state index contributed by atoms with van der Waals surface area (Å²) < 4.78 is 5.12. The van der Waals surface area contributed by atoms with Crippen molar-refractivity contribution < 1.29 is 19.4 Å². The van der Waals surface area contributed by atoms with E-state index in [0.717, 1.165) is 5.56 Å². The summed E-state index contributed by atoms with van der Waals surface area (Å²) >= 11 is 0. The molecule has 0 amide bonds. The molecule has 96 valence electrons. The Hall–Kier alpha value is -2.62. The number of hydrogen-bond donors (Lipinski definition) is 1. The molecule has 4 nitrogen and oxygen atoms in total. The predicted octanol–water partition coefficient (Wildman–Crippen LogP) is 2.56. The van der Waals surface area contributed by atoms with Crippen molar-refractivity contribution in [2.24, 2.45) is 0 Å². The summed E-state index contributed by atoms with van der Waals surface area (Å²) in [7, 11) is 0. The third-order valence-electron chi connectivity index (χ3n) is 2.59. The maximum absolute atomic E-state index is 11.8. The van der Waals surface area contributed by atoms with Crippen molar-refractivity contribution in [3.8, 4) is 5.75 Å². The van der Waals surface area contributed by atoms with Crippen LogP contribution < -0.4 is 0 Å². The monoisotopic (exact) mass is 256 g/mol. The predicted molar refractivity (Wildman–Crippen MR) is 69.1 cm³/mol. The van der Waals surface area contributed by atoms with Gasteiger partial charge in [0.1, 0.15) is 12.4 Å². The number of aromatic hydroxyl groups is 1. The smallest absolute Gasteiger partial charge is 0.339 e. The Kier molecular flexibility index (Phi) is 3.93. The van der Waals surface area contributed by atoms with Crippen LogP contribution in [0.2, 0.25) is 0 Å². The standard InChI is InChI=1S/C15H12O4/c16-9-12-8-13(17)6-7-14(12)15(18)19-10-11-4-2-1-3-5-11/h1-9,17H,10H2. The number of rotatable bonds is 4. The molecule has 0 fully saturated rings. The first-order valence-corrected chi connectivity index (χ1v) is 5.70. The highest BCUT2D eigenvalue weighted by Gasteiger charge is 2.13. The van der Waals surface area contributed by atoms with Gasteiger partial charge in [0.15, 0.2) is 6.29 Å². The quantitative estimate of drug-likeness (QED) is 0.674. The van der Waals surface area contributed by atoms with Gasteiger partial charge in [0, 0.05) is 5.56 Å². The Morgan fingerprint density at radius 3 is 2.58 bits per heavy atom. The highest BCUT2D eigenvalue weighted by molar-refractivity contribution is 5.98. The molecule has 0 bridgehead atoms. The van der Waals surface area contributed by atoms with E-state index >= 15 is 0 Å². The highest BCUT2D eigenvalue weighted by Crippen LogP contribution is 2.16. The fourth-order valence-electron chi connectivity index (χ4n) is 1.63. The van der Waals surface area contributed by atoms with Gasteiger partial charge in [0.05, 0.1) is 5.56 Å². The second kappa shape index (κ2) is 5.82. The minimum absolute atomic E-state index is 0.0679. The lowest BCUT2D eigenvalue weighted by Crippen LogP contribution is -2.08. The van der Waals surface area contributed by atoms with E-state index in [1.807, 2.05) is 30.3 Å². The zero-order valence-electron chi connectivity index (χ0n) is 10.1. The molecule has 4 heteroatoms. The number of phenolic OH excluding ortho intramolecular Hbond substituents is 1. The summed E-state index contributed by atoms with van der Waals surface area (Å²) in [5.41, 5.74) is 1.11. The van der Waals surface area contributed by atoms with Gasteiger partial charge < -0.3 is 9.84 Å². The zero-order chi connectivity index (χ0) is 13.7. The maximum Gasteiger partial charge on any atom is 0.339 e. The molecule has 0 aliphatic rings. The molecular formula is C15H12O4. The lowest BCUT2D eigenvalue weighted by molar-refractivity contribution is 0.0470. The van der Waals surface area contributed by atoms with Crippen LogP contribution in [0.4, 0.5) is 0 Å². The summed E-state index contributed by atoms with van der Waals surface area (Å²) in [5, 5.41) is 9.25. The van der Waals surface area contributed by atoms with Crippen molar-refractivity contribution in [1.82, 2.24) is 0 Å². The molecular weight excluding hydrogens is 244 g/mol. The van der Waals surface area contributed by atoms with E-state index in [2.05, 4.69) is 0 Å². The first-order valence-electron chi connectivity index (χ1n) is 5.70. The number of ether oxygens (including phenoxy) is 1. The van der Waals surface area contributed by atoms with Gasteiger partial charge in [-0.15, -0.1) is 0 Å². The van der Waals surface area contributed by atoms with E-state index in [4.69, 9.17) is 4.74 Å². The van der Waals surface area contributed by atoms with Crippen LogP contribution in [0.1, 0.15) is 26.3 Å². The molecule has 0 saturated carbocycles. The number of benzene rings is 2. The first kappa shape index (κ1) is 12.8. The van der Waals surface area contributed by atoms with Gasteiger partial charge in [-0.05, 0) is 23.8 Å². The maximum atomic E-state index is 11.8. The Labute approximate surface area is 110 Å². The van der Waals surface area contributed by atoms with Gasteiger partial charge in [-0.25, -0.2) is 4.79 Å². The SMILES string of the molecule is O=Cc1cc(O)ccc1C(=O)OCc1ccccc1. The van der Waals surface area contributed by atoms with E-state index in [1.54, 1.807) is 0 Å². The number of phenols is 1. The highest BCUT2D eigenvalue weighted by atomic mass is 16.5. The van der Waals surface area contributed by atoms with Crippen molar-refractivity contribution >= 4 is 12.3 Å². The minimum atomic E-state index is -0.592. The molecule has 0 aromatic heterocycles. The van der Waals surface area contributed by atoms with Crippen molar-refractivity contribution in [2.45, 2.75) is 6.61 Å². The Bertz CT molecular complexity index is 590. The molecule has 0 aliphatic carbocycles. The van der Waals surface area contributed by atoms with Crippen LogP contribution in [0.25, 0.3) is 0 Å². The average molecular weight is 256 g/mol. The summed E-state index contributed by atoms with van der Waals surface area (Å²) in [6.45, 7) is 0.138. The summed E-state index contributed by atoms with van der Waals surface area (Å²) in [4.78, 5) is 22.7. The Balaban J connectivity index is 2.10. The zero-order valence-corrected chi connectivity index (χ0v) is 10.1. The molecule has 2 rings (SSSR count). The molecule has 0 heterocycles. The van der Waals surface area contributed by atoms with Crippen molar-refractivity contribution in [3.05, 3.63) is 65.2 Å².